The van der Waals surface area contributed by atoms with Gasteiger partial charge in [0.1, 0.15) is 19.3 Å². The molecule has 0 saturated heterocycles. The topological polar surface area (TPSA) is 237 Å². The predicted octanol–water partition coefficient (Wildman–Crippen LogP) is 21.5. The lowest BCUT2D eigenvalue weighted by molar-refractivity contribution is -0.161. The molecule has 0 spiro atoms. The molecule has 94 heavy (non-hydrogen) atoms. The first-order valence-corrected chi connectivity index (χ1v) is 41.3. The molecule has 0 bridgehead atoms. The predicted molar refractivity (Wildman–Crippen MR) is 381 cm³/mol. The number of rotatable bonds is 72. The fourth-order valence-electron chi connectivity index (χ4n) is 10.9. The molecule has 3 unspecified atom stereocenters. The summed E-state index contributed by atoms with van der Waals surface area (Å²) >= 11 is 0. The number of phosphoric acid groups is 2. The Kier molecular flexibility index (Phi) is 64.7. The Morgan fingerprint density at radius 2 is 0.628 bits per heavy atom. The molecule has 0 aliphatic rings. The number of hydrogen-bond donors (Lipinski definition) is 3. The van der Waals surface area contributed by atoms with Crippen molar-refractivity contribution >= 4 is 39.5 Å². The summed E-state index contributed by atoms with van der Waals surface area (Å²) in [5.74, 6) is -0.621. The smallest absolute Gasteiger partial charge is 0.462 e. The van der Waals surface area contributed by atoms with Crippen LogP contribution < -0.4 is 0 Å². The zero-order valence-corrected chi connectivity index (χ0v) is 62.5. The maximum absolute atomic E-state index is 13.1. The van der Waals surface area contributed by atoms with Gasteiger partial charge < -0.3 is 33.8 Å². The lowest BCUT2D eigenvalue weighted by Gasteiger charge is -2.21. The second kappa shape index (κ2) is 66.4. The minimum absolute atomic E-state index is 0.0853. The van der Waals surface area contributed by atoms with E-state index in [2.05, 4.69) is 65.8 Å². The summed E-state index contributed by atoms with van der Waals surface area (Å²) in [7, 11) is -9.92. The van der Waals surface area contributed by atoms with Gasteiger partial charge in [-0.3, -0.25) is 37.3 Å². The van der Waals surface area contributed by atoms with Crippen LogP contribution in [0.4, 0.5) is 0 Å². The lowest BCUT2D eigenvalue weighted by Crippen LogP contribution is -2.30. The highest BCUT2D eigenvalue weighted by Gasteiger charge is 2.30. The quantitative estimate of drug-likeness (QED) is 0.0169. The Morgan fingerprint density at radius 1 is 0.351 bits per heavy atom. The van der Waals surface area contributed by atoms with Gasteiger partial charge in [0.15, 0.2) is 12.2 Å². The molecule has 554 valence electrons. The number of aliphatic hydroxyl groups is 1. The number of aliphatic hydroxyl groups excluding tert-OH is 1. The average Bonchev–Trinajstić information content (AvgIpc) is 1.28. The number of phosphoric ester groups is 2. The van der Waals surface area contributed by atoms with Crippen LogP contribution in [0, 0.1) is 11.8 Å². The molecule has 0 saturated carbocycles. The van der Waals surface area contributed by atoms with Gasteiger partial charge in [-0.2, -0.15) is 0 Å². The molecular formula is C75H142O17P2. The second-order valence-corrected chi connectivity index (χ2v) is 30.0. The largest absolute Gasteiger partial charge is 0.472 e. The summed E-state index contributed by atoms with van der Waals surface area (Å²) in [6.07, 6.45) is 56.1. The number of carbonyl (C=O) groups excluding carboxylic acids is 4. The van der Waals surface area contributed by atoms with Gasteiger partial charge in [-0.15, -0.1) is 0 Å². The van der Waals surface area contributed by atoms with E-state index in [4.69, 9.17) is 37.0 Å². The number of unbranched alkanes of at least 4 members (excludes halogenated alkanes) is 38. The molecular weight excluding hydrogens is 1230 g/mol. The Hall–Kier alpha value is -2.46. The Labute approximate surface area is 573 Å². The molecule has 0 amide bonds. The number of ether oxygens (including phenoxy) is 4. The van der Waals surface area contributed by atoms with E-state index in [1.807, 2.05) is 0 Å². The van der Waals surface area contributed by atoms with Gasteiger partial charge in [0.25, 0.3) is 0 Å². The van der Waals surface area contributed by atoms with E-state index < -0.39 is 97.5 Å². The van der Waals surface area contributed by atoms with Crippen LogP contribution in [0.5, 0.6) is 0 Å². The summed E-state index contributed by atoms with van der Waals surface area (Å²) in [5, 5.41) is 10.6. The molecule has 0 aromatic heterocycles. The third-order valence-electron chi connectivity index (χ3n) is 17.2. The molecule has 6 atom stereocenters. The molecule has 0 fully saturated rings. The summed E-state index contributed by atoms with van der Waals surface area (Å²) in [5.41, 5.74) is 0. The van der Waals surface area contributed by atoms with Crippen LogP contribution in [0.1, 0.15) is 363 Å². The molecule has 3 N–H and O–H groups in total. The van der Waals surface area contributed by atoms with Gasteiger partial charge in [-0.25, -0.2) is 9.13 Å². The minimum atomic E-state index is -4.96. The molecule has 19 heteroatoms. The Morgan fingerprint density at radius 3 is 0.957 bits per heavy atom. The van der Waals surface area contributed by atoms with Crippen molar-refractivity contribution in [2.45, 2.75) is 381 Å². The fraction of sp³-hybridized carbons (Fsp3) is 0.893. The van der Waals surface area contributed by atoms with E-state index in [0.29, 0.717) is 25.7 Å². The van der Waals surface area contributed by atoms with Gasteiger partial charge in [-0.05, 0) is 63.2 Å². The Balaban J connectivity index is 5.31. The third-order valence-corrected chi connectivity index (χ3v) is 19.1. The van der Waals surface area contributed by atoms with E-state index >= 15 is 0 Å². The standard InChI is InChI=1S/C75H142O17P2/c1-7-10-12-14-16-18-20-22-24-26-28-33-41-47-53-59-74(79)91-70(63-85-72(77)57-51-45-39-32-27-25-23-21-19-17-15-13-11-8-2)65-89-93(81,82)87-61-69(76)62-88-94(83,84)90-66-71(64-86-73(78)58-52-46-40-36-35-38-44-50-56-68(6)9-3)92-75(80)60-54-48-42-34-30-29-31-37-43-49-55-67(4)5/h18,20,22,24,67-71,76H,7-17,19,21,23,25-66H2,1-6H3,(H,81,82)(H,83,84)/b20-18-,24-22-/t68?,69-,70-,71-/m1/s1. The number of allylic oxidation sites excluding steroid dienone is 4. The van der Waals surface area contributed by atoms with Gasteiger partial charge >= 0.3 is 39.5 Å². The van der Waals surface area contributed by atoms with Crippen LogP contribution in [0.3, 0.4) is 0 Å². The third kappa shape index (κ3) is 66.8. The zero-order chi connectivity index (χ0) is 69.3. The van der Waals surface area contributed by atoms with E-state index in [1.165, 1.54) is 167 Å². The fourth-order valence-corrected chi connectivity index (χ4v) is 12.5. The molecule has 0 heterocycles. The van der Waals surface area contributed by atoms with Crippen molar-refractivity contribution < 1.29 is 80.2 Å². The number of hydrogen-bond acceptors (Lipinski definition) is 15. The molecule has 0 aromatic rings. The molecule has 17 nitrogen and oxygen atoms in total. The maximum atomic E-state index is 13.1. The highest BCUT2D eigenvalue weighted by molar-refractivity contribution is 7.47. The average molecular weight is 1380 g/mol. The van der Waals surface area contributed by atoms with Crippen LogP contribution >= 0.6 is 15.6 Å². The van der Waals surface area contributed by atoms with E-state index in [-0.39, 0.29) is 25.7 Å². The SMILES string of the molecule is CCCCCC/C=C\C=C/CCCCCCCC(=O)O[C@H](COC(=O)CCCCCCCCCCCCCCCC)COP(=O)(O)OC[C@@H](O)COP(=O)(O)OC[C@@H](COC(=O)CCCCCCCCCCC(C)CC)OC(=O)CCCCCCCCCCCCC(C)C. The Bertz CT molecular complexity index is 1920. The molecule has 0 aliphatic heterocycles. The zero-order valence-electron chi connectivity index (χ0n) is 60.7. The summed E-state index contributed by atoms with van der Waals surface area (Å²) < 4.78 is 68.5. The van der Waals surface area contributed by atoms with E-state index in [9.17, 15) is 43.2 Å². The van der Waals surface area contributed by atoms with Crippen molar-refractivity contribution in [3.8, 4) is 0 Å². The minimum Gasteiger partial charge on any atom is -0.462 e. The van der Waals surface area contributed by atoms with Crippen LogP contribution in [0.2, 0.25) is 0 Å². The number of carbonyl (C=O) groups is 4. The second-order valence-electron chi connectivity index (χ2n) is 27.1. The van der Waals surface area contributed by atoms with E-state index in [1.54, 1.807) is 0 Å². The van der Waals surface area contributed by atoms with Gasteiger partial charge in [-0.1, -0.05) is 310 Å². The summed E-state index contributed by atoms with van der Waals surface area (Å²) in [6.45, 7) is 9.51. The van der Waals surface area contributed by atoms with Crippen LogP contribution in [-0.2, 0) is 65.4 Å². The molecule has 0 aromatic carbocycles. The molecule has 0 radical (unpaired) electrons. The first-order chi connectivity index (χ1) is 45.4. The highest BCUT2D eigenvalue weighted by atomic mass is 31.2. The van der Waals surface area contributed by atoms with Crippen molar-refractivity contribution in [2.75, 3.05) is 39.6 Å². The van der Waals surface area contributed by atoms with Gasteiger partial charge in [0.2, 0.25) is 0 Å². The maximum Gasteiger partial charge on any atom is 0.472 e. The van der Waals surface area contributed by atoms with Crippen molar-refractivity contribution in [2.24, 2.45) is 11.8 Å². The first-order valence-electron chi connectivity index (χ1n) is 38.3. The molecule has 0 aliphatic carbocycles. The van der Waals surface area contributed by atoms with Crippen molar-refractivity contribution in [1.82, 2.24) is 0 Å². The normalized spacial score (nSPS) is 14.5. The van der Waals surface area contributed by atoms with Crippen LogP contribution in [0.25, 0.3) is 0 Å². The van der Waals surface area contributed by atoms with Crippen molar-refractivity contribution in [1.29, 1.82) is 0 Å². The van der Waals surface area contributed by atoms with Crippen molar-refractivity contribution in [3.63, 3.8) is 0 Å². The first kappa shape index (κ1) is 91.5. The van der Waals surface area contributed by atoms with Crippen LogP contribution in [-0.4, -0.2) is 96.7 Å². The summed E-state index contributed by atoms with van der Waals surface area (Å²) in [4.78, 5) is 72.8. The van der Waals surface area contributed by atoms with Gasteiger partial charge in [0, 0.05) is 25.7 Å². The summed E-state index contributed by atoms with van der Waals surface area (Å²) in [6, 6.07) is 0. The highest BCUT2D eigenvalue weighted by Crippen LogP contribution is 2.45. The van der Waals surface area contributed by atoms with E-state index in [0.717, 1.165) is 115 Å². The van der Waals surface area contributed by atoms with Crippen molar-refractivity contribution in [3.05, 3.63) is 24.3 Å². The lowest BCUT2D eigenvalue weighted by atomic mass is 9.99. The van der Waals surface area contributed by atoms with Crippen LogP contribution in [0.15, 0.2) is 24.3 Å². The molecule has 0 rings (SSSR count). The number of esters is 4. The monoisotopic (exact) mass is 1380 g/mol. The van der Waals surface area contributed by atoms with Gasteiger partial charge in [0.05, 0.1) is 26.4 Å².